The molecular formula is C19H22N2O3S. The zero-order valence-electron chi connectivity index (χ0n) is 14.3. The normalized spacial score (nSPS) is 21.9. The average Bonchev–Trinajstić information content (AvgIpc) is 3.14. The maximum Gasteiger partial charge on any atom is 0.250 e. The molecule has 1 saturated heterocycles. The molecule has 5 nitrogen and oxygen atoms in total. The van der Waals surface area contributed by atoms with Crippen LogP contribution in [0.15, 0.2) is 34.4 Å². The number of aromatic nitrogens is 1. The van der Waals surface area contributed by atoms with Crippen LogP contribution in [0, 0.1) is 5.92 Å². The van der Waals surface area contributed by atoms with Crippen molar-refractivity contribution in [3.63, 3.8) is 0 Å². The highest BCUT2D eigenvalue weighted by molar-refractivity contribution is 7.13. The molecule has 2 aromatic heterocycles. The molecule has 2 aliphatic rings. The number of amides is 1. The van der Waals surface area contributed by atoms with E-state index in [1.165, 1.54) is 4.88 Å². The highest BCUT2D eigenvalue weighted by atomic mass is 32.1. The first kappa shape index (κ1) is 16.5. The van der Waals surface area contributed by atoms with Crippen LogP contribution >= 0.6 is 11.3 Å². The van der Waals surface area contributed by atoms with Crippen LogP contribution in [0.3, 0.4) is 0 Å². The minimum atomic E-state index is 0.0733. The van der Waals surface area contributed by atoms with Crippen LogP contribution in [0.1, 0.15) is 24.5 Å². The smallest absolute Gasteiger partial charge is 0.250 e. The van der Waals surface area contributed by atoms with Gasteiger partial charge in [-0.05, 0) is 29.9 Å². The Bertz CT molecular complexity index is 828. The van der Waals surface area contributed by atoms with Gasteiger partial charge < -0.3 is 14.2 Å². The first-order chi connectivity index (χ1) is 12.2. The lowest BCUT2D eigenvalue weighted by Crippen LogP contribution is -2.49. The zero-order chi connectivity index (χ0) is 17.4. The largest absolute Gasteiger partial charge is 0.384 e. The molecule has 1 amide bonds. The Kier molecular flexibility index (Phi) is 4.48. The van der Waals surface area contributed by atoms with Gasteiger partial charge in [-0.1, -0.05) is 6.07 Å². The molecule has 2 aliphatic heterocycles. The fourth-order valence-electron chi connectivity index (χ4n) is 4.21. The van der Waals surface area contributed by atoms with Crippen LogP contribution in [-0.4, -0.2) is 42.2 Å². The predicted molar refractivity (Wildman–Crippen MR) is 97.9 cm³/mol. The zero-order valence-corrected chi connectivity index (χ0v) is 15.1. The molecule has 25 heavy (non-hydrogen) atoms. The Hall–Kier alpha value is -1.92. The van der Waals surface area contributed by atoms with Gasteiger partial charge in [-0.25, -0.2) is 0 Å². The highest BCUT2D eigenvalue weighted by Crippen LogP contribution is 2.40. The molecule has 2 bridgehead atoms. The maximum atomic E-state index is 12.5. The Morgan fingerprint density at radius 2 is 2.16 bits per heavy atom. The summed E-state index contributed by atoms with van der Waals surface area (Å²) in [5.74, 6) is 0.736. The fourth-order valence-corrected chi connectivity index (χ4v) is 4.97. The summed E-state index contributed by atoms with van der Waals surface area (Å²) in [5, 5.41) is 2.06. The Morgan fingerprint density at radius 3 is 2.92 bits per heavy atom. The average molecular weight is 358 g/mol. The first-order valence-electron chi connectivity index (χ1n) is 8.71. The summed E-state index contributed by atoms with van der Waals surface area (Å²) in [6.45, 7) is 2.61. The van der Waals surface area contributed by atoms with Crippen molar-refractivity contribution in [1.29, 1.82) is 0 Å². The Labute approximate surface area is 150 Å². The van der Waals surface area contributed by atoms with Crippen molar-refractivity contribution in [2.75, 3.05) is 26.8 Å². The third-order valence-corrected chi connectivity index (χ3v) is 6.15. The minimum Gasteiger partial charge on any atom is -0.384 e. The minimum absolute atomic E-state index is 0.0733. The molecule has 132 valence electrons. The summed E-state index contributed by atoms with van der Waals surface area (Å²) in [6.07, 6.45) is 1.48. The number of rotatable bonds is 4. The highest BCUT2D eigenvalue weighted by Gasteiger charge is 2.37. The molecule has 0 saturated carbocycles. The second-order valence-corrected chi connectivity index (χ2v) is 7.85. The topological polar surface area (TPSA) is 51.5 Å². The lowest BCUT2D eigenvalue weighted by molar-refractivity contribution is -0.134. The van der Waals surface area contributed by atoms with Gasteiger partial charge in [0, 0.05) is 54.9 Å². The number of piperidine rings is 1. The van der Waals surface area contributed by atoms with E-state index in [9.17, 15) is 9.59 Å². The Balaban J connectivity index is 1.70. The summed E-state index contributed by atoms with van der Waals surface area (Å²) < 4.78 is 7.00. The predicted octanol–water partition coefficient (Wildman–Crippen LogP) is 2.56. The van der Waals surface area contributed by atoms with E-state index in [0.29, 0.717) is 32.0 Å². The van der Waals surface area contributed by atoms with Gasteiger partial charge in [-0.2, -0.15) is 0 Å². The summed E-state index contributed by atoms with van der Waals surface area (Å²) in [7, 11) is 1.62. The number of ether oxygens (including phenoxy) is 1. The second-order valence-electron chi connectivity index (χ2n) is 6.90. The number of carbonyl (C=O) groups excluding carboxylic acids is 1. The number of hydrogen-bond donors (Lipinski definition) is 0. The molecule has 1 fully saturated rings. The molecule has 2 aromatic rings. The van der Waals surface area contributed by atoms with Gasteiger partial charge in [0.1, 0.15) is 0 Å². The van der Waals surface area contributed by atoms with Gasteiger partial charge in [0.2, 0.25) is 5.91 Å². The van der Waals surface area contributed by atoms with Crippen molar-refractivity contribution in [1.82, 2.24) is 9.47 Å². The van der Waals surface area contributed by atoms with Gasteiger partial charge in [0.25, 0.3) is 5.56 Å². The van der Waals surface area contributed by atoms with Crippen LogP contribution in [0.4, 0.5) is 0 Å². The number of nitrogens with zero attached hydrogens (tertiary/aromatic N) is 2. The number of carbonyl (C=O) groups is 1. The van der Waals surface area contributed by atoms with E-state index in [1.54, 1.807) is 24.5 Å². The number of likely N-dealkylation sites (tertiary alicyclic amines) is 1. The van der Waals surface area contributed by atoms with Gasteiger partial charge in [-0.15, -0.1) is 11.3 Å². The fraction of sp³-hybridized carbons (Fsp3) is 0.474. The maximum absolute atomic E-state index is 12.5. The van der Waals surface area contributed by atoms with Crippen molar-refractivity contribution in [2.24, 2.45) is 5.92 Å². The van der Waals surface area contributed by atoms with E-state index in [0.717, 1.165) is 24.2 Å². The van der Waals surface area contributed by atoms with Gasteiger partial charge >= 0.3 is 0 Å². The molecule has 0 aromatic carbocycles. The molecular weight excluding hydrogens is 336 g/mol. The molecule has 0 unspecified atom stereocenters. The van der Waals surface area contributed by atoms with E-state index in [1.807, 2.05) is 21.6 Å². The van der Waals surface area contributed by atoms with E-state index in [4.69, 9.17) is 4.74 Å². The number of methoxy groups -OCH3 is 1. The molecule has 2 atom stereocenters. The lowest BCUT2D eigenvalue weighted by atomic mass is 9.81. The monoisotopic (exact) mass is 358 g/mol. The van der Waals surface area contributed by atoms with Crippen molar-refractivity contribution >= 4 is 17.2 Å². The summed E-state index contributed by atoms with van der Waals surface area (Å²) in [6, 6.07) is 7.77. The first-order valence-corrected chi connectivity index (χ1v) is 9.59. The van der Waals surface area contributed by atoms with Gasteiger partial charge in [0.05, 0.1) is 13.0 Å². The quantitative estimate of drug-likeness (QED) is 0.844. The number of thiophene rings is 1. The molecule has 4 rings (SSSR count). The van der Waals surface area contributed by atoms with Crippen molar-refractivity contribution in [2.45, 2.75) is 25.3 Å². The van der Waals surface area contributed by atoms with Crippen molar-refractivity contribution in [3.8, 4) is 10.4 Å². The number of pyridine rings is 1. The van der Waals surface area contributed by atoms with E-state index >= 15 is 0 Å². The summed E-state index contributed by atoms with van der Waals surface area (Å²) in [5.41, 5.74) is 2.32. The summed E-state index contributed by atoms with van der Waals surface area (Å²) in [4.78, 5) is 28.1. The number of fused-ring (bicyclic) bond motifs is 4. The van der Waals surface area contributed by atoms with Crippen LogP contribution in [-0.2, 0) is 16.1 Å². The van der Waals surface area contributed by atoms with Crippen LogP contribution in [0.25, 0.3) is 10.4 Å². The SMILES string of the molecule is COCCC(=O)N1C[C@@H]2C[C@H](C1)c1c(-c3cccs3)ccc(=O)n1C2. The third-order valence-electron chi connectivity index (χ3n) is 5.25. The molecule has 0 N–H and O–H groups in total. The van der Waals surface area contributed by atoms with Crippen LogP contribution in [0.2, 0.25) is 0 Å². The van der Waals surface area contributed by atoms with E-state index in [2.05, 4.69) is 11.4 Å². The van der Waals surface area contributed by atoms with E-state index < -0.39 is 0 Å². The van der Waals surface area contributed by atoms with Crippen LogP contribution < -0.4 is 5.56 Å². The molecule has 4 heterocycles. The van der Waals surface area contributed by atoms with E-state index in [-0.39, 0.29) is 17.4 Å². The Morgan fingerprint density at radius 1 is 1.28 bits per heavy atom. The lowest BCUT2D eigenvalue weighted by Gasteiger charge is -2.43. The summed E-state index contributed by atoms with van der Waals surface area (Å²) >= 11 is 1.69. The molecule has 6 heteroatoms. The number of hydrogen-bond acceptors (Lipinski definition) is 4. The molecule has 0 radical (unpaired) electrons. The van der Waals surface area contributed by atoms with Gasteiger partial charge in [-0.3, -0.25) is 9.59 Å². The van der Waals surface area contributed by atoms with Gasteiger partial charge in [0.15, 0.2) is 0 Å². The third kappa shape index (κ3) is 3.04. The van der Waals surface area contributed by atoms with Crippen LogP contribution in [0.5, 0.6) is 0 Å². The standard InChI is InChI=1S/C19H22N2O3S/c1-24-7-6-17(22)20-10-13-9-14(12-20)19-15(16-3-2-8-25-16)4-5-18(23)21(19)11-13/h2-5,8,13-14H,6-7,9-12H2,1H3/t13-,14+/m0/s1. The van der Waals surface area contributed by atoms with Crippen molar-refractivity contribution in [3.05, 3.63) is 45.7 Å². The molecule has 0 aliphatic carbocycles. The molecule has 0 spiro atoms. The second kappa shape index (κ2) is 6.77. The van der Waals surface area contributed by atoms with Crippen molar-refractivity contribution < 1.29 is 9.53 Å².